The van der Waals surface area contributed by atoms with Gasteiger partial charge in [-0.05, 0) is 20.8 Å². The highest BCUT2D eigenvalue weighted by atomic mass is 19.4. The first-order valence-electron chi connectivity index (χ1n) is 4.77. The molecule has 0 saturated carbocycles. The van der Waals surface area contributed by atoms with E-state index in [2.05, 4.69) is 0 Å². The van der Waals surface area contributed by atoms with E-state index in [4.69, 9.17) is 5.11 Å². The molecule has 0 unspecified atom stereocenters. The topological polar surface area (TPSA) is 69.6 Å². The van der Waals surface area contributed by atoms with Gasteiger partial charge in [0.2, 0.25) is 0 Å². The minimum atomic E-state index is -4.53. The standard InChI is InChI=1S/C9H15F3N2O3/c1-8(2,3)14(4-6(15)16)7(17)13-5-9(10,11)12/h4-5H2,1-3H3,(H,13,17)(H,15,16). The molecule has 0 aliphatic heterocycles. The van der Waals surface area contributed by atoms with Crippen molar-refractivity contribution in [1.82, 2.24) is 10.2 Å². The summed E-state index contributed by atoms with van der Waals surface area (Å²) in [4.78, 5) is 22.8. The van der Waals surface area contributed by atoms with Gasteiger partial charge in [0.1, 0.15) is 13.1 Å². The number of nitrogens with zero attached hydrogens (tertiary/aromatic N) is 1. The zero-order chi connectivity index (χ0) is 13.9. The molecule has 17 heavy (non-hydrogen) atoms. The molecule has 5 nitrogen and oxygen atoms in total. The zero-order valence-corrected chi connectivity index (χ0v) is 9.76. The molecule has 0 aliphatic carbocycles. The number of carboxylic acid groups (broad SMARTS) is 1. The lowest BCUT2D eigenvalue weighted by atomic mass is 10.1. The first-order valence-corrected chi connectivity index (χ1v) is 4.77. The summed E-state index contributed by atoms with van der Waals surface area (Å²) in [6, 6.07) is -1.06. The molecule has 0 heterocycles. The highest BCUT2D eigenvalue weighted by molar-refractivity contribution is 5.80. The molecule has 0 rings (SSSR count). The third-order valence-corrected chi connectivity index (χ3v) is 1.79. The molecule has 0 aromatic carbocycles. The molecule has 0 spiro atoms. The van der Waals surface area contributed by atoms with Crippen LogP contribution in [0.4, 0.5) is 18.0 Å². The quantitative estimate of drug-likeness (QED) is 0.802. The number of aliphatic carboxylic acids is 1. The Bertz CT molecular complexity index is 297. The number of carbonyl (C=O) groups excluding carboxylic acids is 1. The highest BCUT2D eigenvalue weighted by Crippen LogP contribution is 2.15. The third-order valence-electron chi connectivity index (χ3n) is 1.79. The van der Waals surface area contributed by atoms with Gasteiger partial charge in [0, 0.05) is 5.54 Å². The van der Waals surface area contributed by atoms with E-state index in [1.54, 1.807) is 5.32 Å². The van der Waals surface area contributed by atoms with Crippen molar-refractivity contribution in [2.75, 3.05) is 13.1 Å². The molecule has 100 valence electrons. The van der Waals surface area contributed by atoms with Gasteiger partial charge >= 0.3 is 18.2 Å². The van der Waals surface area contributed by atoms with Crippen LogP contribution in [0.3, 0.4) is 0 Å². The average molecular weight is 256 g/mol. The Labute approximate surface area is 96.6 Å². The van der Waals surface area contributed by atoms with Gasteiger partial charge in [-0.3, -0.25) is 4.79 Å². The number of halogens is 3. The van der Waals surface area contributed by atoms with Crippen LogP contribution in [0, 0.1) is 0 Å². The molecule has 0 atom stereocenters. The fourth-order valence-corrected chi connectivity index (χ4v) is 1.02. The molecule has 0 radical (unpaired) electrons. The molecule has 2 amide bonds. The van der Waals surface area contributed by atoms with Crippen molar-refractivity contribution in [2.45, 2.75) is 32.5 Å². The van der Waals surface area contributed by atoms with Crippen molar-refractivity contribution in [3.05, 3.63) is 0 Å². The van der Waals surface area contributed by atoms with Crippen molar-refractivity contribution in [1.29, 1.82) is 0 Å². The van der Waals surface area contributed by atoms with E-state index < -0.39 is 36.8 Å². The summed E-state index contributed by atoms with van der Waals surface area (Å²) in [6.45, 7) is 2.44. The number of carbonyl (C=O) groups is 2. The summed E-state index contributed by atoms with van der Waals surface area (Å²) >= 11 is 0. The number of nitrogens with one attached hydrogen (secondary N) is 1. The van der Waals surface area contributed by atoms with E-state index in [1.165, 1.54) is 20.8 Å². The fraction of sp³-hybridized carbons (Fsp3) is 0.778. The molecule has 0 aromatic rings. The maximum absolute atomic E-state index is 11.9. The van der Waals surface area contributed by atoms with Crippen molar-refractivity contribution in [2.24, 2.45) is 0 Å². The number of carboxylic acids is 1. The van der Waals surface area contributed by atoms with E-state index >= 15 is 0 Å². The highest BCUT2D eigenvalue weighted by Gasteiger charge is 2.32. The lowest BCUT2D eigenvalue weighted by Gasteiger charge is -2.34. The average Bonchev–Trinajstić information content (AvgIpc) is 2.07. The van der Waals surface area contributed by atoms with Gasteiger partial charge in [-0.2, -0.15) is 13.2 Å². The van der Waals surface area contributed by atoms with Crippen LogP contribution in [-0.4, -0.2) is 46.8 Å². The minimum Gasteiger partial charge on any atom is -0.480 e. The molecule has 0 aromatic heterocycles. The summed E-state index contributed by atoms with van der Waals surface area (Å²) < 4.78 is 35.7. The molecule has 0 bridgehead atoms. The molecule has 0 fully saturated rings. The predicted octanol–water partition coefficient (Wildman–Crippen LogP) is 1.44. The fourth-order valence-electron chi connectivity index (χ4n) is 1.02. The van der Waals surface area contributed by atoms with E-state index in [1.807, 2.05) is 0 Å². The number of urea groups is 1. The Hall–Kier alpha value is -1.47. The maximum atomic E-state index is 11.9. The summed E-state index contributed by atoms with van der Waals surface area (Å²) in [5.41, 5.74) is -0.881. The normalized spacial score (nSPS) is 12.1. The van der Waals surface area contributed by atoms with Gasteiger partial charge in [0.25, 0.3) is 0 Å². The number of alkyl halides is 3. The summed E-state index contributed by atoms with van der Waals surface area (Å²) in [6.07, 6.45) is -4.53. The van der Waals surface area contributed by atoms with Crippen molar-refractivity contribution in [3.63, 3.8) is 0 Å². The van der Waals surface area contributed by atoms with Crippen LogP contribution in [0.5, 0.6) is 0 Å². The SMILES string of the molecule is CC(C)(C)N(CC(=O)O)C(=O)NCC(F)(F)F. The Morgan fingerprint density at radius 2 is 1.71 bits per heavy atom. The van der Waals surface area contributed by atoms with Crippen molar-refractivity contribution < 1.29 is 27.9 Å². The smallest absolute Gasteiger partial charge is 0.405 e. The third kappa shape index (κ3) is 6.64. The Morgan fingerprint density at radius 3 is 2.00 bits per heavy atom. The molecule has 0 aliphatic rings. The maximum Gasteiger partial charge on any atom is 0.405 e. The minimum absolute atomic E-state index is 0.660. The Balaban J connectivity index is 4.61. The van der Waals surface area contributed by atoms with Gasteiger partial charge in [-0.1, -0.05) is 0 Å². The predicted molar refractivity (Wildman–Crippen MR) is 53.5 cm³/mol. The van der Waals surface area contributed by atoms with Crippen LogP contribution in [0.1, 0.15) is 20.8 Å². The first kappa shape index (κ1) is 15.5. The molecule has 0 saturated heterocycles. The zero-order valence-electron chi connectivity index (χ0n) is 9.76. The van der Waals surface area contributed by atoms with Gasteiger partial charge < -0.3 is 15.3 Å². The van der Waals surface area contributed by atoms with Gasteiger partial charge in [0.05, 0.1) is 0 Å². The van der Waals surface area contributed by atoms with E-state index in [-0.39, 0.29) is 0 Å². The van der Waals surface area contributed by atoms with Crippen molar-refractivity contribution in [3.8, 4) is 0 Å². The summed E-state index contributed by atoms with van der Waals surface area (Å²) in [5.74, 6) is -1.29. The number of hydrogen-bond donors (Lipinski definition) is 2. The second-order valence-corrected chi connectivity index (χ2v) is 4.42. The van der Waals surface area contributed by atoms with Gasteiger partial charge in [0.15, 0.2) is 0 Å². The second-order valence-electron chi connectivity index (χ2n) is 4.42. The Morgan fingerprint density at radius 1 is 1.24 bits per heavy atom. The van der Waals surface area contributed by atoms with E-state index in [0.29, 0.717) is 0 Å². The lowest BCUT2D eigenvalue weighted by molar-refractivity contribution is -0.138. The lowest BCUT2D eigenvalue weighted by Crippen LogP contribution is -2.53. The van der Waals surface area contributed by atoms with E-state index in [9.17, 15) is 22.8 Å². The van der Waals surface area contributed by atoms with Crippen molar-refractivity contribution >= 4 is 12.0 Å². The summed E-state index contributed by atoms with van der Waals surface area (Å²) in [5, 5.41) is 10.2. The number of rotatable bonds is 3. The summed E-state index contributed by atoms with van der Waals surface area (Å²) in [7, 11) is 0. The molecule has 8 heteroatoms. The number of hydrogen-bond acceptors (Lipinski definition) is 2. The van der Waals surface area contributed by atoms with E-state index in [0.717, 1.165) is 4.90 Å². The van der Waals surface area contributed by atoms with Crippen LogP contribution in [-0.2, 0) is 4.79 Å². The largest absolute Gasteiger partial charge is 0.480 e. The van der Waals surface area contributed by atoms with Crippen LogP contribution in [0.15, 0.2) is 0 Å². The van der Waals surface area contributed by atoms with Crippen LogP contribution in [0.25, 0.3) is 0 Å². The molecule has 2 N–H and O–H groups in total. The molecular formula is C9H15F3N2O3. The monoisotopic (exact) mass is 256 g/mol. The second kappa shape index (κ2) is 5.24. The van der Waals surface area contributed by atoms with Gasteiger partial charge in [-0.15, -0.1) is 0 Å². The first-order chi connectivity index (χ1) is 7.43. The Kier molecular flexibility index (Phi) is 4.79. The van der Waals surface area contributed by atoms with Crippen LogP contribution >= 0.6 is 0 Å². The van der Waals surface area contributed by atoms with Crippen LogP contribution < -0.4 is 5.32 Å². The number of amides is 2. The van der Waals surface area contributed by atoms with Crippen LogP contribution in [0.2, 0.25) is 0 Å². The van der Waals surface area contributed by atoms with Gasteiger partial charge in [-0.25, -0.2) is 4.79 Å². The molecular weight excluding hydrogens is 241 g/mol.